The number of methoxy groups -OCH3 is 2. The zero-order chi connectivity index (χ0) is 23.2. The molecule has 2 atom stereocenters. The highest BCUT2D eigenvalue weighted by Crippen LogP contribution is 2.60. The van der Waals surface area contributed by atoms with E-state index in [0.717, 1.165) is 35.1 Å². The number of carboxylic acid groups (broad SMARTS) is 1. The van der Waals surface area contributed by atoms with Crippen LogP contribution in [-0.4, -0.2) is 37.7 Å². The van der Waals surface area contributed by atoms with Crippen molar-refractivity contribution in [3.05, 3.63) is 41.5 Å². The third-order valence-electron chi connectivity index (χ3n) is 7.87. The molecule has 2 saturated carbocycles. The van der Waals surface area contributed by atoms with Gasteiger partial charge >= 0.3 is 5.97 Å². The average Bonchev–Trinajstić information content (AvgIpc) is 3.13. The lowest BCUT2D eigenvalue weighted by Crippen LogP contribution is -2.27. The largest absolute Gasteiger partial charge is 0.493 e. The number of benzene rings is 2. The van der Waals surface area contributed by atoms with Crippen LogP contribution < -0.4 is 14.2 Å². The molecule has 33 heavy (non-hydrogen) atoms. The molecule has 2 aromatic carbocycles. The Morgan fingerprint density at radius 1 is 1.00 bits per heavy atom. The molecule has 0 saturated heterocycles. The zero-order valence-electron chi connectivity index (χ0n) is 19.2. The molecular formula is C27H30O6. The number of ketones is 1. The van der Waals surface area contributed by atoms with Crippen molar-refractivity contribution in [3.63, 3.8) is 0 Å². The highest BCUT2D eigenvalue weighted by Gasteiger charge is 2.63. The lowest BCUT2D eigenvalue weighted by Gasteiger charge is -2.22. The second-order valence-electron chi connectivity index (χ2n) is 9.54. The SMILES string of the molecule is COc1ccc(-c2cccc3c2CCC3=O)c(OCC2(C(=O)O)CC2C2CCCC2)c1OC. The van der Waals surface area contributed by atoms with Crippen LogP contribution in [0.15, 0.2) is 30.3 Å². The van der Waals surface area contributed by atoms with Crippen LogP contribution in [0, 0.1) is 17.3 Å². The normalized spacial score (nSPS) is 23.9. The molecule has 0 spiro atoms. The third kappa shape index (κ3) is 3.56. The standard InChI is InChI=1S/C27H30O6/c1-31-23-13-11-20(17-8-5-9-19-18(17)10-12-22(19)28)24(25(23)32-2)33-15-27(26(29)30)14-21(27)16-6-3-4-7-16/h5,8-9,11,13,16,21H,3-4,6-7,10,12,14-15H2,1-2H3,(H,29,30). The minimum absolute atomic E-state index is 0.0913. The molecule has 6 heteroatoms. The molecule has 0 aliphatic heterocycles. The van der Waals surface area contributed by atoms with Crippen LogP contribution in [0.3, 0.4) is 0 Å². The summed E-state index contributed by atoms with van der Waals surface area (Å²) in [6.45, 7) is 0.0913. The van der Waals surface area contributed by atoms with Gasteiger partial charge in [-0.1, -0.05) is 43.9 Å². The molecule has 0 bridgehead atoms. The van der Waals surface area contributed by atoms with Gasteiger partial charge in [0.15, 0.2) is 17.3 Å². The smallest absolute Gasteiger partial charge is 0.313 e. The Morgan fingerprint density at radius 2 is 1.76 bits per heavy atom. The summed E-state index contributed by atoms with van der Waals surface area (Å²) in [6.07, 6.45) is 6.42. The zero-order valence-corrected chi connectivity index (χ0v) is 19.2. The molecular weight excluding hydrogens is 420 g/mol. The van der Waals surface area contributed by atoms with Crippen LogP contribution in [0.5, 0.6) is 17.2 Å². The summed E-state index contributed by atoms with van der Waals surface area (Å²) >= 11 is 0. The fourth-order valence-corrected chi connectivity index (χ4v) is 5.98. The Bertz CT molecular complexity index is 1100. The van der Waals surface area contributed by atoms with E-state index in [9.17, 15) is 14.7 Å². The molecule has 0 heterocycles. The van der Waals surface area contributed by atoms with Crippen molar-refractivity contribution >= 4 is 11.8 Å². The van der Waals surface area contributed by atoms with Crippen molar-refractivity contribution in [1.82, 2.24) is 0 Å². The Balaban J connectivity index is 1.53. The van der Waals surface area contributed by atoms with Crippen molar-refractivity contribution in [2.45, 2.75) is 44.9 Å². The number of carboxylic acids is 1. The number of aliphatic carboxylic acids is 1. The molecule has 3 aliphatic rings. The van der Waals surface area contributed by atoms with Gasteiger partial charge in [0.05, 0.1) is 14.2 Å². The number of carbonyl (C=O) groups excluding carboxylic acids is 1. The van der Waals surface area contributed by atoms with E-state index < -0.39 is 11.4 Å². The first-order valence-corrected chi connectivity index (χ1v) is 11.8. The highest BCUT2D eigenvalue weighted by atomic mass is 16.5. The summed E-state index contributed by atoms with van der Waals surface area (Å²) in [5.74, 6) is 1.44. The Kier molecular flexibility index (Phi) is 5.55. The van der Waals surface area contributed by atoms with Crippen LogP contribution in [-0.2, 0) is 11.2 Å². The molecule has 1 N–H and O–H groups in total. The molecule has 3 aliphatic carbocycles. The quantitative estimate of drug-likeness (QED) is 0.598. The number of rotatable bonds is 8. The Labute approximate surface area is 193 Å². The van der Waals surface area contributed by atoms with Gasteiger partial charge in [0.2, 0.25) is 5.75 Å². The topological polar surface area (TPSA) is 82.1 Å². The van der Waals surface area contributed by atoms with Crippen LogP contribution in [0.1, 0.15) is 54.4 Å². The maximum Gasteiger partial charge on any atom is 0.313 e. The maximum atomic E-state index is 12.3. The van der Waals surface area contributed by atoms with Crippen LogP contribution in [0.2, 0.25) is 0 Å². The van der Waals surface area contributed by atoms with E-state index in [-0.39, 0.29) is 18.3 Å². The fourth-order valence-electron chi connectivity index (χ4n) is 5.98. The summed E-state index contributed by atoms with van der Waals surface area (Å²) in [5.41, 5.74) is 2.61. The Hall–Kier alpha value is -3.02. The molecule has 6 nitrogen and oxygen atoms in total. The first-order valence-electron chi connectivity index (χ1n) is 11.8. The van der Waals surface area contributed by atoms with Crippen LogP contribution in [0.4, 0.5) is 0 Å². The van der Waals surface area contributed by atoms with E-state index in [0.29, 0.717) is 42.4 Å². The lowest BCUT2D eigenvalue weighted by molar-refractivity contribution is -0.145. The molecule has 0 aromatic heterocycles. The number of fused-ring (bicyclic) bond motifs is 1. The first kappa shape index (κ1) is 21.8. The first-order chi connectivity index (χ1) is 16.0. The highest BCUT2D eigenvalue weighted by molar-refractivity contribution is 6.02. The van der Waals surface area contributed by atoms with Gasteiger partial charge in [0, 0.05) is 17.5 Å². The van der Waals surface area contributed by atoms with Gasteiger partial charge in [0.1, 0.15) is 12.0 Å². The van der Waals surface area contributed by atoms with E-state index in [1.165, 1.54) is 12.8 Å². The van der Waals surface area contributed by atoms with E-state index in [1.807, 2.05) is 30.3 Å². The number of hydrogen-bond donors (Lipinski definition) is 1. The van der Waals surface area contributed by atoms with Crippen molar-refractivity contribution in [2.24, 2.45) is 17.3 Å². The van der Waals surface area contributed by atoms with Crippen molar-refractivity contribution in [3.8, 4) is 28.4 Å². The monoisotopic (exact) mass is 450 g/mol. The van der Waals surface area contributed by atoms with Crippen LogP contribution >= 0.6 is 0 Å². The second kappa shape index (κ2) is 8.40. The van der Waals surface area contributed by atoms with E-state index in [4.69, 9.17) is 14.2 Å². The van der Waals surface area contributed by atoms with E-state index in [1.54, 1.807) is 14.2 Å². The maximum absolute atomic E-state index is 12.3. The van der Waals surface area contributed by atoms with Crippen molar-refractivity contribution in [2.75, 3.05) is 20.8 Å². The van der Waals surface area contributed by atoms with E-state index in [2.05, 4.69) is 0 Å². The number of hydrogen-bond acceptors (Lipinski definition) is 5. The number of Topliss-reactive ketones (excluding diaryl/α,β-unsaturated/α-hetero) is 1. The average molecular weight is 451 g/mol. The van der Waals surface area contributed by atoms with E-state index >= 15 is 0 Å². The Morgan fingerprint density at radius 3 is 2.45 bits per heavy atom. The summed E-state index contributed by atoms with van der Waals surface area (Å²) in [4.78, 5) is 24.6. The fraction of sp³-hybridized carbons (Fsp3) is 0.481. The van der Waals surface area contributed by atoms with Gasteiger partial charge in [-0.05, 0) is 47.9 Å². The predicted octanol–water partition coefficient (Wildman–Crippen LogP) is 5.16. The molecule has 2 unspecified atom stereocenters. The minimum atomic E-state index is -0.852. The van der Waals surface area contributed by atoms with Crippen molar-refractivity contribution in [1.29, 1.82) is 0 Å². The van der Waals surface area contributed by atoms with Gasteiger partial charge in [0.25, 0.3) is 0 Å². The summed E-state index contributed by atoms with van der Waals surface area (Å²) < 4.78 is 17.5. The second-order valence-corrected chi connectivity index (χ2v) is 9.54. The minimum Gasteiger partial charge on any atom is -0.493 e. The molecule has 0 radical (unpaired) electrons. The summed E-state index contributed by atoms with van der Waals surface area (Å²) in [7, 11) is 3.12. The van der Waals surface area contributed by atoms with Gasteiger partial charge in [-0.3, -0.25) is 9.59 Å². The molecule has 2 aromatic rings. The lowest BCUT2D eigenvalue weighted by atomic mass is 9.93. The van der Waals surface area contributed by atoms with Gasteiger partial charge < -0.3 is 19.3 Å². The van der Waals surface area contributed by atoms with Crippen molar-refractivity contribution < 1.29 is 28.9 Å². The predicted molar refractivity (Wildman–Crippen MR) is 123 cm³/mol. The summed E-state index contributed by atoms with van der Waals surface area (Å²) in [6, 6.07) is 9.46. The molecule has 5 rings (SSSR count). The molecule has 2 fully saturated rings. The van der Waals surface area contributed by atoms with Gasteiger partial charge in [-0.15, -0.1) is 0 Å². The molecule has 174 valence electrons. The number of ether oxygens (including phenoxy) is 3. The van der Waals surface area contributed by atoms with Gasteiger partial charge in [-0.25, -0.2) is 0 Å². The molecule has 0 amide bonds. The summed E-state index contributed by atoms with van der Waals surface area (Å²) in [5, 5.41) is 10.1. The third-order valence-corrected chi connectivity index (χ3v) is 7.87. The van der Waals surface area contributed by atoms with Gasteiger partial charge in [-0.2, -0.15) is 0 Å². The number of carbonyl (C=O) groups is 2. The van der Waals surface area contributed by atoms with Crippen LogP contribution in [0.25, 0.3) is 11.1 Å².